The number of anilines is 1. The van der Waals surface area contributed by atoms with Crippen molar-refractivity contribution in [3.05, 3.63) is 53.1 Å². The van der Waals surface area contributed by atoms with E-state index in [4.69, 9.17) is 21.9 Å². The predicted octanol–water partition coefficient (Wildman–Crippen LogP) is 3.92. The van der Waals surface area contributed by atoms with Crippen LogP contribution in [0.2, 0.25) is 5.02 Å². The van der Waals surface area contributed by atoms with E-state index < -0.39 is 11.6 Å². The Morgan fingerprint density at radius 1 is 1.10 bits per heavy atom. The van der Waals surface area contributed by atoms with Crippen LogP contribution >= 0.6 is 11.6 Å². The molecule has 0 amide bonds. The minimum atomic E-state index is -0.528. The fourth-order valence-electron chi connectivity index (χ4n) is 1.80. The van der Waals surface area contributed by atoms with Crippen molar-refractivity contribution in [3.8, 4) is 22.8 Å². The van der Waals surface area contributed by atoms with Gasteiger partial charge in [0.1, 0.15) is 11.6 Å². The highest BCUT2D eigenvalue weighted by atomic mass is 35.5. The Balaban J connectivity index is 2.01. The third-order valence-corrected chi connectivity index (χ3v) is 3.15. The normalized spacial score (nSPS) is 10.8. The van der Waals surface area contributed by atoms with Gasteiger partial charge in [-0.15, -0.1) is 0 Å². The number of hydrogen-bond donors (Lipinski definition) is 1. The highest BCUT2D eigenvalue weighted by molar-refractivity contribution is 6.33. The highest BCUT2D eigenvalue weighted by Crippen LogP contribution is 2.29. The number of rotatable bonds is 2. The third-order valence-electron chi connectivity index (χ3n) is 2.84. The van der Waals surface area contributed by atoms with Crippen molar-refractivity contribution in [2.75, 3.05) is 5.73 Å². The fourth-order valence-corrected chi connectivity index (χ4v) is 2.05. The first-order chi connectivity index (χ1) is 10.0. The average molecular weight is 308 g/mol. The fraction of sp³-hybridized carbons (Fsp3) is 0. The second-order valence-corrected chi connectivity index (χ2v) is 4.69. The standard InChI is InChI=1S/C14H8ClF2N3O/c15-10-6-8(16)2-3-9(10)13-19-14(21-20-13)7-1-4-11(17)12(18)5-7/h1-6H,18H2. The summed E-state index contributed by atoms with van der Waals surface area (Å²) in [4.78, 5) is 4.15. The molecule has 0 saturated carbocycles. The molecule has 106 valence electrons. The van der Waals surface area contributed by atoms with Crippen LogP contribution in [0.3, 0.4) is 0 Å². The van der Waals surface area contributed by atoms with Gasteiger partial charge < -0.3 is 10.3 Å². The Bertz CT molecular complexity index is 820. The van der Waals surface area contributed by atoms with Gasteiger partial charge in [-0.25, -0.2) is 8.78 Å². The van der Waals surface area contributed by atoms with Crippen molar-refractivity contribution in [1.82, 2.24) is 10.1 Å². The molecule has 0 aliphatic heterocycles. The summed E-state index contributed by atoms with van der Waals surface area (Å²) in [6, 6.07) is 7.91. The summed E-state index contributed by atoms with van der Waals surface area (Å²) in [6.07, 6.45) is 0. The van der Waals surface area contributed by atoms with Gasteiger partial charge in [-0.2, -0.15) is 4.98 Å². The summed E-state index contributed by atoms with van der Waals surface area (Å²) in [5.41, 5.74) is 6.38. The van der Waals surface area contributed by atoms with Crippen LogP contribution in [0.25, 0.3) is 22.8 Å². The molecule has 0 spiro atoms. The number of nitrogen functional groups attached to an aromatic ring is 1. The Kier molecular flexibility index (Phi) is 3.31. The van der Waals surface area contributed by atoms with Crippen LogP contribution in [0.1, 0.15) is 0 Å². The summed E-state index contributed by atoms with van der Waals surface area (Å²) in [5.74, 6) is -0.617. The molecule has 0 atom stereocenters. The minimum absolute atomic E-state index is 0.0212. The lowest BCUT2D eigenvalue weighted by Crippen LogP contribution is -1.91. The van der Waals surface area contributed by atoms with E-state index in [0.717, 1.165) is 6.07 Å². The van der Waals surface area contributed by atoms with E-state index in [1.165, 1.54) is 30.3 Å². The lowest BCUT2D eigenvalue weighted by atomic mass is 10.2. The van der Waals surface area contributed by atoms with E-state index in [2.05, 4.69) is 10.1 Å². The molecule has 0 aliphatic carbocycles. The first-order valence-electron chi connectivity index (χ1n) is 5.89. The van der Waals surface area contributed by atoms with Gasteiger partial charge in [0.15, 0.2) is 0 Å². The number of halogens is 3. The molecule has 0 unspecified atom stereocenters. The van der Waals surface area contributed by atoms with Gasteiger partial charge in [-0.3, -0.25) is 0 Å². The molecule has 4 nitrogen and oxygen atoms in total. The maximum Gasteiger partial charge on any atom is 0.258 e. The zero-order valence-electron chi connectivity index (χ0n) is 10.5. The topological polar surface area (TPSA) is 64.9 Å². The molecule has 0 fully saturated rings. The zero-order valence-corrected chi connectivity index (χ0v) is 11.2. The lowest BCUT2D eigenvalue weighted by Gasteiger charge is -1.99. The van der Waals surface area contributed by atoms with Crippen LogP contribution in [-0.2, 0) is 0 Å². The quantitative estimate of drug-likeness (QED) is 0.729. The molecule has 0 aliphatic rings. The number of benzene rings is 2. The van der Waals surface area contributed by atoms with Gasteiger partial charge in [0.05, 0.1) is 10.7 Å². The van der Waals surface area contributed by atoms with Crippen molar-refractivity contribution in [1.29, 1.82) is 0 Å². The Hall–Kier alpha value is -2.47. The Morgan fingerprint density at radius 2 is 1.90 bits per heavy atom. The molecule has 7 heteroatoms. The van der Waals surface area contributed by atoms with Crippen LogP contribution in [-0.4, -0.2) is 10.1 Å². The maximum atomic E-state index is 13.1. The van der Waals surface area contributed by atoms with Crippen LogP contribution < -0.4 is 5.73 Å². The molecule has 1 aromatic heterocycles. The summed E-state index contributed by atoms with van der Waals surface area (Å²) in [7, 11) is 0. The van der Waals surface area contributed by atoms with Crippen LogP contribution in [0, 0.1) is 11.6 Å². The Labute approximate surface area is 123 Å². The molecular weight excluding hydrogens is 300 g/mol. The largest absolute Gasteiger partial charge is 0.396 e. The average Bonchev–Trinajstić information content (AvgIpc) is 2.91. The Morgan fingerprint density at radius 3 is 2.62 bits per heavy atom. The highest BCUT2D eigenvalue weighted by Gasteiger charge is 2.14. The first kappa shape index (κ1) is 13.5. The van der Waals surface area contributed by atoms with Gasteiger partial charge in [-0.05, 0) is 36.4 Å². The number of aromatic nitrogens is 2. The summed E-state index contributed by atoms with van der Waals surface area (Å²) in [6.45, 7) is 0. The monoisotopic (exact) mass is 307 g/mol. The molecule has 0 radical (unpaired) electrons. The van der Waals surface area contributed by atoms with Crippen molar-refractivity contribution < 1.29 is 13.3 Å². The molecule has 0 saturated heterocycles. The molecule has 21 heavy (non-hydrogen) atoms. The molecule has 2 aromatic carbocycles. The van der Waals surface area contributed by atoms with Gasteiger partial charge in [0.25, 0.3) is 5.89 Å². The molecule has 2 N–H and O–H groups in total. The van der Waals surface area contributed by atoms with E-state index >= 15 is 0 Å². The van der Waals surface area contributed by atoms with Gasteiger partial charge >= 0.3 is 0 Å². The molecule has 0 bridgehead atoms. The second kappa shape index (κ2) is 5.14. The first-order valence-corrected chi connectivity index (χ1v) is 6.27. The SMILES string of the molecule is Nc1cc(-c2nc(-c3ccc(F)cc3Cl)no2)ccc1F. The van der Waals surface area contributed by atoms with E-state index in [1.807, 2.05) is 0 Å². The van der Waals surface area contributed by atoms with Crippen molar-refractivity contribution in [3.63, 3.8) is 0 Å². The summed E-state index contributed by atoms with van der Waals surface area (Å²) >= 11 is 5.93. The summed E-state index contributed by atoms with van der Waals surface area (Å²) < 4.78 is 31.2. The number of nitrogens with two attached hydrogens (primary N) is 1. The van der Waals surface area contributed by atoms with E-state index in [9.17, 15) is 8.78 Å². The molecule has 1 heterocycles. The van der Waals surface area contributed by atoms with E-state index in [0.29, 0.717) is 11.1 Å². The van der Waals surface area contributed by atoms with E-state index in [-0.39, 0.29) is 22.4 Å². The minimum Gasteiger partial charge on any atom is -0.396 e. The maximum absolute atomic E-state index is 13.1. The smallest absolute Gasteiger partial charge is 0.258 e. The molecule has 3 aromatic rings. The number of hydrogen-bond acceptors (Lipinski definition) is 4. The van der Waals surface area contributed by atoms with Crippen molar-refractivity contribution in [2.24, 2.45) is 0 Å². The molecule has 3 rings (SSSR count). The van der Waals surface area contributed by atoms with Gasteiger partial charge in [0.2, 0.25) is 5.82 Å². The van der Waals surface area contributed by atoms with E-state index in [1.54, 1.807) is 0 Å². The van der Waals surface area contributed by atoms with Crippen LogP contribution in [0.4, 0.5) is 14.5 Å². The number of nitrogens with zero attached hydrogens (tertiary/aromatic N) is 2. The van der Waals surface area contributed by atoms with Crippen molar-refractivity contribution in [2.45, 2.75) is 0 Å². The van der Waals surface area contributed by atoms with Gasteiger partial charge in [0, 0.05) is 11.1 Å². The van der Waals surface area contributed by atoms with Crippen LogP contribution in [0.15, 0.2) is 40.9 Å². The van der Waals surface area contributed by atoms with Crippen LogP contribution in [0.5, 0.6) is 0 Å². The van der Waals surface area contributed by atoms with Gasteiger partial charge in [-0.1, -0.05) is 16.8 Å². The predicted molar refractivity (Wildman–Crippen MR) is 74.5 cm³/mol. The zero-order chi connectivity index (χ0) is 15.0. The molecular formula is C14H8ClF2N3O. The lowest BCUT2D eigenvalue weighted by molar-refractivity contribution is 0.432. The van der Waals surface area contributed by atoms with Crippen molar-refractivity contribution >= 4 is 17.3 Å². The summed E-state index contributed by atoms with van der Waals surface area (Å²) in [5, 5.41) is 3.95. The third kappa shape index (κ3) is 2.57. The second-order valence-electron chi connectivity index (χ2n) is 4.28.